The summed E-state index contributed by atoms with van der Waals surface area (Å²) in [5, 5.41) is 17.9. The van der Waals surface area contributed by atoms with Crippen LogP contribution in [-0.4, -0.2) is 22.5 Å². The summed E-state index contributed by atoms with van der Waals surface area (Å²) in [5.41, 5.74) is 1.17. The zero-order valence-electron chi connectivity index (χ0n) is 6.41. The Morgan fingerprint density at radius 3 is 3.00 bits per heavy atom. The minimum absolute atomic E-state index is 0.0822. The molecule has 1 aliphatic heterocycles. The lowest BCUT2D eigenvalue weighted by Crippen LogP contribution is -1.99. The van der Waals surface area contributed by atoms with Crippen molar-refractivity contribution in [1.82, 2.24) is 0 Å². The van der Waals surface area contributed by atoms with Gasteiger partial charge in [-0.05, 0) is 13.0 Å². The number of aliphatic imine (C=N–C) groups is 1. The van der Waals surface area contributed by atoms with Crippen molar-refractivity contribution in [2.45, 2.75) is 13.3 Å². The summed E-state index contributed by atoms with van der Waals surface area (Å²) in [4.78, 5) is 3.98. The molecule has 2 N–H and O–H groups in total. The van der Waals surface area contributed by atoms with Gasteiger partial charge in [0.1, 0.15) is 5.76 Å². The van der Waals surface area contributed by atoms with Crippen molar-refractivity contribution in [3.63, 3.8) is 0 Å². The second-order valence-electron chi connectivity index (χ2n) is 2.40. The van der Waals surface area contributed by atoms with E-state index < -0.39 is 0 Å². The van der Waals surface area contributed by atoms with Crippen LogP contribution >= 0.6 is 0 Å². The molecule has 60 valence electrons. The molecule has 0 aliphatic carbocycles. The number of aliphatic hydroxyl groups is 2. The Morgan fingerprint density at radius 2 is 2.36 bits per heavy atom. The molecule has 0 bridgehead atoms. The quantitative estimate of drug-likeness (QED) is 0.594. The molecule has 3 heteroatoms. The summed E-state index contributed by atoms with van der Waals surface area (Å²) in [6.45, 7) is 1.64. The van der Waals surface area contributed by atoms with Crippen LogP contribution in [0.15, 0.2) is 28.6 Å². The number of aliphatic hydroxyl groups excluding tert-OH is 2. The van der Waals surface area contributed by atoms with Gasteiger partial charge in [-0.2, -0.15) is 0 Å². The van der Waals surface area contributed by atoms with Gasteiger partial charge in [0.25, 0.3) is 0 Å². The number of nitrogens with zero attached hydrogens (tertiary/aromatic N) is 1. The highest BCUT2D eigenvalue weighted by Gasteiger charge is 2.02. The Balaban J connectivity index is 2.92. The monoisotopic (exact) mass is 153 g/mol. The maximum absolute atomic E-state index is 9.21. The van der Waals surface area contributed by atoms with Crippen LogP contribution in [0.4, 0.5) is 0 Å². The molecule has 0 fully saturated rings. The molecule has 0 spiro atoms. The Hall–Kier alpha value is -1.09. The average Bonchev–Trinajstić information content (AvgIpc) is 2.15. The summed E-state index contributed by atoms with van der Waals surface area (Å²) in [5.74, 6) is 0.268. The van der Waals surface area contributed by atoms with E-state index in [4.69, 9.17) is 5.11 Å². The molecule has 0 amide bonds. The SMILES string of the molecule is CC1=C(O)CC=CC(CO)=N1. The molecule has 1 rings (SSSR count). The summed E-state index contributed by atoms with van der Waals surface area (Å²) < 4.78 is 0. The molecule has 1 aliphatic rings. The van der Waals surface area contributed by atoms with E-state index in [0.717, 1.165) is 0 Å². The highest BCUT2D eigenvalue weighted by Crippen LogP contribution is 2.11. The molecule has 0 aromatic heterocycles. The summed E-state index contributed by atoms with van der Waals surface area (Å²) in [6, 6.07) is 0. The molecule has 0 unspecified atom stereocenters. The lowest BCUT2D eigenvalue weighted by Gasteiger charge is -1.96. The highest BCUT2D eigenvalue weighted by molar-refractivity contribution is 5.96. The first-order valence-electron chi connectivity index (χ1n) is 3.47. The van der Waals surface area contributed by atoms with Crippen molar-refractivity contribution < 1.29 is 10.2 Å². The first-order chi connectivity index (χ1) is 5.24. The maximum atomic E-state index is 9.21. The van der Waals surface area contributed by atoms with Crippen molar-refractivity contribution in [2.24, 2.45) is 4.99 Å². The average molecular weight is 153 g/mol. The van der Waals surface area contributed by atoms with Gasteiger partial charge in [-0.15, -0.1) is 0 Å². The van der Waals surface area contributed by atoms with Gasteiger partial charge in [-0.25, -0.2) is 0 Å². The van der Waals surface area contributed by atoms with Crippen molar-refractivity contribution in [3.8, 4) is 0 Å². The fraction of sp³-hybridized carbons (Fsp3) is 0.375. The summed E-state index contributed by atoms with van der Waals surface area (Å²) >= 11 is 0. The molecule has 3 nitrogen and oxygen atoms in total. The van der Waals surface area contributed by atoms with E-state index in [2.05, 4.69) is 4.99 Å². The van der Waals surface area contributed by atoms with Crippen LogP contribution in [0.2, 0.25) is 0 Å². The topological polar surface area (TPSA) is 52.8 Å². The van der Waals surface area contributed by atoms with Crippen molar-refractivity contribution in [2.75, 3.05) is 6.61 Å². The smallest absolute Gasteiger partial charge is 0.117 e. The van der Waals surface area contributed by atoms with Gasteiger partial charge in [0, 0.05) is 6.42 Å². The van der Waals surface area contributed by atoms with E-state index in [1.165, 1.54) is 0 Å². The lowest BCUT2D eigenvalue weighted by atomic mass is 10.3. The van der Waals surface area contributed by atoms with Crippen LogP contribution in [-0.2, 0) is 0 Å². The van der Waals surface area contributed by atoms with Gasteiger partial charge in [0.15, 0.2) is 0 Å². The predicted octanol–water partition coefficient (Wildman–Crippen LogP) is 1.17. The summed E-state index contributed by atoms with van der Waals surface area (Å²) in [7, 11) is 0. The fourth-order valence-corrected chi connectivity index (χ4v) is 0.860. The third-order valence-corrected chi connectivity index (χ3v) is 1.51. The molecular weight excluding hydrogens is 142 g/mol. The first-order valence-corrected chi connectivity index (χ1v) is 3.47. The number of hydrogen-bond acceptors (Lipinski definition) is 3. The van der Waals surface area contributed by atoms with Crippen molar-refractivity contribution >= 4 is 5.71 Å². The van der Waals surface area contributed by atoms with Crippen LogP contribution in [0.25, 0.3) is 0 Å². The zero-order valence-corrected chi connectivity index (χ0v) is 6.41. The first kappa shape index (κ1) is 8.01. The van der Waals surface area contributed by atoms with Crippen LogP contribution in [0.1, 0.15) is 13.3 Å². The van der Waals surface area contributed by atoms with Crippen LogP contribution in [0, 0.1) is 0 Å². The Morgan fingerprint density at radius 1 is 1.64 bits per heavy atom. The van der Waals surface area contributed by atoms with Crippen LogP contribution in [0.3, 0.4) is 0 Å². The van der Waals surface area contributed by atoms with Gasteiger partial charge < -0.3 is 10.2 Å². The van der Waals surface area contributed by atoms with Gasteiger partial charge >= 0.3 is 0 Å². The Labute approximate surface area is 65.4 Å². The fourth-order valence-electron chi connectivity index (χ4n) is 0.860. The normalized spacial score (nSPS) is 18.2. The molecule has 0 aromatic rings. The predicted molar refractivity (Wildman–Crippen MR) is 43.6 cm³/mol. The van der Waals surface area contributed by atoms with Gasteiger partial charge in [0.2, 0.25) is 0 Å². The molecule has 11 heavy (non-hydrogen) atoms. The highest BCUT2D eigenvalue weighted by atomic mass is 16.3. The molecule has 0 aromatic carbocycles. The van der Waals surface area contributed by atoms with Gasteiger partial charge in [-0.3, -0.25) is 4.99 Å². The molecule has 1 heterocycles. The second kappa shape index (κ2) is 3.34. The van der Waals surface area contributed by atoms with E-state index >= 15 is 0 Å². The van der Waals surface area contributed by atoms with Crippen LogP contribution in [0.5, 0.6) is 0 Å². The van der Waals surface area contributed by atoms with Gasteiger partial charge in [0.05, 0.1) is 18.0 Å². The van der Waals surface area contributed by atoms with Crippen LogP contribution < -0.4 is 0 Å². The minimum Gasteiger partial charge on any atom is -0.510 e. The second-order valence-corrected chi connectivity index (χ2v) is 2.40. The van der Waals surface area contributed by atoms with E-state index in [-0.39, 0.29) is 12.4 Å². The van der Waals surface area contributed by atoms with E-state index in [9.17, 15) is 5.11 Å². The number of rotatable bonds is 1. The molecule has 0 radical (unpaired) electrons. The van der Waals surface area contributed by atoms with Crippen molar-refractivity contribution in [1.29, 1.82) is 0 Å². The lowest BCUT2D eigenvalue weighted by molar-refractivity contribution is 0.358. The largest absolute Gasteiger partial charge is 0.510 e. The molecule has 0 saturated carbocycles. The Bertz CT molecular complexity index is 238. The summed E-state index contributed by atoms with van der Waals surface area (Å²) in [6.07, 6.45) is 3.99. The standard InChI is InChI=1S/C8H11NO2/c1-6-8(11)4-2-3-7(5-10)9-6/h2-3,10-11H,4-5H2,1H3. The number of hydrogen-bond donors (Lipinski definition) is 2. The van der Waals surface area contributed by atoms with E-state index in [1.807, 2.05) is 0 Å². The van der Waals surface area contributed by atoms with Crippen molar-refractivity contribution in [3.05, 3.63) is 23.6 Å². The van der Waals surface area contributed by atoms with Gasteiger partial charge in [-0.1, -0.05) is 6.08 Å². The van der Waals surface area contributed by atoms with E-state index in [1.54, 1.807) is 19.1 Å². The molecular formula is C8H11NO2. The Kier molecular flexibility index (Phi) is 2.44. The minimum atomic E-state index is -0.0822. The molecule has 0 saturated heterocycles. The maximum Gasteiger partial charge on any atom is 0.117 e. The molecule has 0 atom stereocenters. The third-order valence-electron chi connectivity index (χ3n) is 1.51. The number of allylic oxidation sites excluding steroid dienone is 2. The third kappa shape index (κ3) is 1.91. The zero-order chi connectivity index (χ0) is 8.27. The van der Waals surface area contributed by atoms with E-state index in [0.29, 0.717) is 17.8 Å².